The summed E-state index contributed by atoms with van der Waals surface area (Å²) in [5, 5.41) is 12.5. The first-order valence-electron chi connectivity index (χ1n) is 8.83. The smallest absolute Gasteiger partial charge is 0.321 e. The molecule has 2 rings (SSSR count). The van der Waals surface area contributed by atoms with Gasteiger partial charge in [-0.3, -0.25) is 14.9 Å². The van der Waals surface area contributed by atoms with Gasteiger partial charge < -0.3 is 10.8 Å². The van der Waals surface area contributed by atoms with Crippen LogP contribution in [0.25, 0.3) is 11.1 Å². The van der Waals surface area contributed by atoms with Gasteiger partial charge in [0, 0.05) is 5.02 Å². The van der Waals surface area contributed by atoms with Crippen molar-refractivity contribution in [1.82, 2.24) is 5.32 Å². The largest absolute Gasteiger partial charge is 0.480 e. The van der Waals surface area contributed by atoms with Crippen LogP contribution in [0.2, 0.25) is 5.02 Å². The van der Waals surface area contributed by atoms with E-state index in [1.807, 2.05) is 56.3 Å². The van der Waals surface area contributed by atoms with Crippen LogP contribution in [0.4, 0.5) is 0 Å². The first-order valence-corrected chi connectivity index (χ1v) is 10.1. The third-order valence-corrected chi connectivity index (χ3v) is 3.61. The lowest BCUT2D eigenvalue weighted by molar-refractivity contribution is -0.139. The fourth-order valence-electron chi connectivity index (χ4n) is 2.21. The molecule has 0 spiro atoms. The van der Waals surface area contributed by atoms with Gasteiger partial charge in [0.15, 0.2) is 0 Å². The van der Waals surface area contributed by atoms with Crippen molar-refractivity contribution in [2.45, 2.75) is 26.3 Å². The molecule has 0 aliphatic heterocycles. The summed E-state index contributed by atoms with van der Waals surface area (Å²) in [6.45, 7) is 3.83. The topological polar surface area (TPSA) is 92.4 Å². The second kappa shape index (κ2) is 17.6. The van der Waals surface area contributed by atoms with Crippen molar-refractivity contribution in [3.05, 3.63) is 59.1 Å². The van der Waals surface area contributed by atoms with Crippen LogP contribution in [0.5, 0.6) is 0 Å². The molecule has 0 fully saturated rings. The zero-order chi connectivity index (χ0) is 22.8. The number of benzene rings is 2. The first-order chi connectivity index (χ1) is 14.0. The molecule has 5 nitrogen and oxygen atoms in total. The number of carboxylic acid groups (broad SMARTS) is 1. The lowest BCUT2D eigenvalue weighted by atomic mass is 10.0. The molecule has 7 heteroatoms. The average molecular weight is 437 g/mol. The number of amides is 1. The quantitative estimate of drug-likeness (QED) is 0.391. The van der Waals surface area contributed by atoms with Crippen molar-refractivity contribution in [2.75, 3.05) is 12.8 Å². The molecule has 4 N–H and O–H groups in total. The fraction of sp³-hybridized carbons (Fsp3) is 0.273. The molecular weight excluding hydrogens is 408 g/mol. The minimum absolute atomic E-state index is 0.169. The predicted octanol–water partition coefficient (Wildman–Crippen LogP) is 3.90. The van der Waals surface area contributed by atoms with Gasteiger partial charge >= 0.3 is 5.97 Å². The van der Waals surface area contributed by atoms with Crippen LogP contribution < -0.4 is 11.1 Å². The summed E-state index contributed by atoms with van der Waals surface area (Å²) in [6, 6.07) is 14.2. The van der Waals surface area contributed by atoms with Gasteiger partial charge in [-0.1, -0.05) is 61.8 Å². The van der Waals surface area contributed by atoms with Crippen molar-refractivity contribution >= 4 is 36.1 Å². The molecule has 0 radical (unpaired) electrons. The Morgan fingerprint density at radius 2 is 1.66 bits per heavy atom. The third kappa shape index (κ3) is 11.9. The van der Waals surface area contributed by atoms with Crippen molar-refractivity contribution in [1.29, 1.82) is 0 Å². The van der Waals surface area contributed by atoms with E-state index in [2.05, 4.69) is 30.8 Å². The Kier molecular flexibility index (Phi) is 17.5. The van der Waals surface area contributed by atoms with E-state index >= 15 is 0 Å². The number of aliphatic carboxylic acids is 1. The number of nitrogens with one attached hydrogen (secondary N) is 1. The highest BCUT2D eigenvalue weighted by Gasteiger charge is 2.18. The summed E-state index contributed by atoms with van der Waals surface area (Å²) in [5.74, 6) is -1.61. The van der Waals surface area contributed by atoms with E-state index in [1.54, 1.807) is 12.3 Å². The first kappa shape index (κ1) is 28.7. The van der Waals surface area contributed by atoms with Crippen molar-refractivity contribution in [2.24, 2.45) is 5.73 Å². The second-order valence-electron chi connectivity index (χ2n) is 5.15. The monoisotopic (exact) mass is 436 g/mol. The van der Waals surface area contributed by atoms with E-state index in [0.29, 0.717) is 5.02 Å². The summed E-state index contributed by atoms with van der Waals surface area (Å²) in [4.78, 5) is 22.0. The number of carboxylic acids is 1. The number of nitrogens with two attached hydrogens (primary N) is 1. The molecular formula is C22H29ClN2O3S. The van der Waals surface area contributed by atoms with E-state index in [1.165, 1.54) is 0 Å². The molecule has 1 atom stereocenters. The molecule has 0 unspecified atom stereocenters. The Hall–Kier alpha value is -2.46. The number of primary amides is 1. The van der Waals surface area contributed by atoms with Crippen molar-refractivity contribution in [3.63, 3.8) is 0 Å². The maximum atomic E-state index is 11.2. The summed E-state index contributed by atoms with van der Waals surface area (Å²) >= 11 is 9.51. The van der Waals surface area contributed by atoms with Gasteiger partial charge in [-0.05, 0) is 41.5 Å². The van der Waals surface area contributed by atoms with Gasteiger partial charge in [0.05, 0.1) is 6.54 Å². The Morgan fingerprint density at radius 3 is 2.10 bits per heavy atom. The summed E-state index contributed by atoms with van der Waals surface area (Å²) in [6.07, 6.45) is 9.96. The number of thiol groups is 1. The summed E-state index contributed by atoms with van der Waals surface area (Å²) < 4.78 is 0. The Morgan fingerprint density at radius 1 is 1.10 bits per heavy atom. The maximum absolute atomic E-state index is 11.2. The predicted molar refractivity (Wildman–Crippen MR) is 125 cm³/mol. The molecule has 158 valence electrons. The minimum atomic E-state index is -1.02. The standard InChI is InChI=1S/C17H17ClN2O3.C2H6.C2H2.CH4S/c18-14-3-1-2-13(9-14)12-6-4-11(5-7-12)8-15(17(22)23)20-10-16(19)21;3*1-2/h1-7,9,15,20H,8,10H2,(H2,19,21)(H,22,23);1-2H3;1-2H;2H,1H3/t15-;;;/m0.../s1. The zero-order valence-corrected chi connectivity index (χ0v) is 18.6. The lowest BCUT2D eigenvalue weighted by Crippen LogP contribution is -2.42. The number of halogens is 1. The molecule has 2 aromatic rings. The number of carbonyl (C=O) groups is 2. The van der Waals surface area contributed by atoms with Gasteiger partial charge in [-0.15, -0.1) is 12.8 Å². The fourth-order valence-corrected chi connectivity index (χ4v) is 2.40. The number of carbonyl (C=O) groups excluding carboxylic acids is 1. The van der Waals surface area contributed by atoms with Crippen LogP contribution in [0, 0.1) is 12.8 Å². The van der Waals surface area contributed by atoms with E-state index < -0.39 is 17.9 Å². The van der Waals surface area contributed by atoms with Crippen molar-refractivity contribution in [3.8, 4) is 24.0 Å². The van der Waals surface area contributed by atoms with Crippen molar-refractivity contribution < 1.29 is 14.7 Å². The Bertz CT molecular complexity index is 749. The SMILES string of the molecule is C#C.CC.CS.NC(=O)CN[C@@H](Cc1ccc(-c2cccc(Cl)c2)cc1)C(=O)O. The van der Waals surface area contributed by atoms with Crippen LogP contribution in [0.3, 0.4) is 0 Å². The molecule has 29 heavy (non-hydrogen) atoms. The van der Waals surface area contributed by atoms with Crippen LogP contribution >= 0.6 is 24.2 Å². The second-order valence-corrected chi connectivity index (χ2v) is 5.59. The van der Waals surface area contributed by atoms with Gasteiger partial charge in [-0.2, -0.15) is 12.6 Å². The normalized spacial score (nSPS) is 9.90. The lowest BCUT2D eigenvalue weighted by Gasteiger charge is -2.13. The molecule has 0 saturated carbocycles. The van der Waals surface area contributed by atoms with Gasteiger partial charge in [0.2, 0.25) is 5.91 Å². The van der Waals surface area contributed by atoms with Crippen LogP contribution in [-0.2, 0) is 16.0 Å². The molecule has 2 aromatic carbocycles. The number of hydrogen-bond donors (Lipinski definition) is 4. The van der Waals surface area contributed by atoms with E-state index in [4.69, 9.17) is 17.3 Å². The number of hydrogen-bond acceptors (Lipinski definition) is 4. The van der Waals surface area contributed by atoms with Gasteiger partial charge in [0.1, 0.15) is 6.04 Å². The van der Waals surface area contributed by atoms with Gasteiger partial charge in [0.25, 0.3) is 0 Å². The molecule has 0 aliphatic carbocycles. The maximum Gasteiger partial charge on any atom is 0.321 e. The molecule has 0 bridgehead atoms. The van der Waals surface area contributed by atoms with Crippen LogP contribution in [0.1, 0.15) is 19.4 Å². The molecule has 0 saturated heterocycles. The van der Waals surface area contributed by atoms with Crippen LogP contribution in [-0.4, -0.2) is 35.8 Å². The minimum Gasteiger partial charge on any atom is -0.480 e. The zero-order valence-electron chi connectivity index (χ0n) is 16.9. The summed E-state index contributed by atoms with van der Waals surface area (Å²) in [5.41, 5.74) is 7.86. The van der Waals surface area contributed by atoms with Gasteiger partial charge in [-0.25, -0.2) is 0 Å². The Labute approximate surface area is 184 Å². The average Bonchev–Trinajstić information content (AvgIpc) is 2.75. The highest BCUT2D eigenvalue weighted by molar-refractivity contribution is 7.79. The Balaban J connectivity index is 0. The molecule has 0 aromatic heterocycles. The number of terminal acetylenes is 1. The summed E-state index contributed by atoms with van der Waals surface area (Å²) in [7, 11) is 0. The highest BCUT2D eigenvalue weighted by atomic mass is 35.5. The third-order valence-electron chi connectivity index (χ3n) is 3.37. The number of rotatable bonds is 7. The molecule has 0 heterocycles. The highest BCUT2D eigenvalue weighted by Crippen LogP contribution is 2.23. The van der Waals surface area contributed by atoms with Crippen LogP contribution in [0.15, 0.2) is 48.5 Å². The van der Waals surface area contributed by atoms with E-state index in [9.17, 15) is 14.7 Å². The molecule has 1 amide bonds. The van der Waals surface area contributed by atoms with E-state index in [-0.39, 0.29) is 13.0 Å². The van der Waals surface area contributed by atoms with E-state index in [0.717, 1.165) is 16.7 Å². The molecule has 0 aliphatic rings.